The van der Waals surface area contributed by atoms with Crippen molar-refractivity contribution < 1.29 is 23.3 Å². The summed E-state index contributed by atoms with van der Waals surface area (Å²) in [5.74, 6) is 0.0180. The van der Waals surface area contributed by atoms with Gasteiger partial charge >= 0.3 is 0 Å². The number of benzene rings is 1. The second-order valence-electron chi connectivity index (χ2n) is 7.37. The summed E-state index contributed by atoms with van der Waals surface area (Å²) in [7, 11) is 3.58. The molecule has 2 amide bonds. The monoisotopic (exact) mass is 419 g/mol. The minimum absolute atomic E-state index is 0.0861. The lowest BCUT2D eigenvalue weighted by atomic mass is 10.1. The Morgan fingerprint density at radius 2 is 2.00 bits per heavy atom. The quantitative estimate of drug-likeness (QED) is 0.654. The second-order valence-corrected chi connectivity index (χ2v) is 7.37. The molecule has 10 heteroatoms. The van der Waals surface area contributed by atoms with Gasteiger partial charge in [-0.2, -0.15) is 0 Å². The number of amides is 2. The van der Waals surface area contributed by atoms with Crippen molar-refractivity contribution in [3.05, 3.63) is 41.5 Å². The zero-order valence-corrected chi connectivity index (χ0v) is 17.4. The number of rotatable bonds is 7. The van der Waals surface area contributed by atoms with Crippen LogP contribution in [0.3, 0.4) is 0 Å². The van der Waals surface area contributed by atoms with E-state index in [-0.39, 0.29) is 30.7 Å². The first-order valence-electron chi connectivity index (χ1n) is 9.74. The first-order valence-corrected chi connectivity index (χ1v) is 9.74. The van der Waals surface area contributed by atoms with Crippen molar-refractivity contribution in [3.63, 3.8) is 0 Å². The molecule has 30 heavy (non-hydrogen) atoms. The fraction of sp³-hybridized carbons (Fsp3) is 0.500. The van der Waals surface area contributed by atoms with Crippen LogP contribution in [0.1, 0.15) is 11.4 Å². The number of aromatic nitrogens is 2. The zero-order valence-electron chi connectivity index (χ0n) is 17.4. The Bertz CT molecular complexity index is 872. The topological polar surface area (TPSA) is 92.0 Å². The van der Waals surface area contributed by atoms with Gasteiger partial charge in [0.1, 0.15) is 35.6 Å². The molecule has 0 radical (unpaired) electrons. The molecule has 2 aromatic rings. The normalized spacial score (nSPS) is 17.1. The van der Waals surface area contributed by atoms with Gasteiger partial charge in [0.15, 0.2) is 0 Å². The molecular formula is C20H26FN5O4. The summed E-state index contributed by atoms with van der Waals surface area (Å²) in [5.41, 5.74) is 1.10. The fourth-order valence-electron chi connectivity index (χ4n) is 3.23. The van der Waals surface area contributed by atoms with E-state index >= 15 is 0 Å². The molecule has 1 fully saturated rings. The predicted octanol–water partition coefficient (Wildman–Crippen LogP) is 0.740. The number of ether oxygens (including phenoxy) is 1. The van der Waals surface area contributed by atoms with Crippen molar-refractivity contribution in [1.82, 2.24) is 25.0 Å². The minimum Gasteiger partial charge on any atom is -0.492 e. The Morgan fingerprint density at radius 1 is 1.27 bits per heavy atom. The lowest BCUT2D eigenvalue weighted by Gasteiger charge is -2.40. The van der Waals surface area contributed by atoms with E-state index in [2.05, 4.69) is 14.9 Å². The van der Waals surface area contributed by atoms with Crippen LogP contribution in [0.5, 0.6) is 5.75 Å². The largest absolute Gasteiger partial charge is 0.492 e. The SMILES string of the molecule is Cc1nonc1CC(=O)N1CCN(C)[C@H](C(=O)N(C)CCOc2ccc(F)cc2)C1. The number of carbonyl (C=O) groups is 2. The zero-order chi connectivity index (χ0) is 21.7. The van der Waals surface area contributed by atoms with E-state index in [1.54, 1.807) is 35.9 Å². The van der Waals surface area contributed by atoms with Crippen LogP contribution in [-0.2, 0) is 16.0 Å². The summed E-state index contributed by atoms with van der Waals surface area (Å²) in [4.78, 5) is 30.8. The highest BCUT2D eigenvalue weighted by Gasteiger charge is 2.34. The molecule has 9 nitrogen and oxygen atoms in total. The average Bonchev–Trinajstić information content (AvgIpc) is 3.13. The van der Waals surface area contributed by atoms with Crippen LogP contribution in [0.2, 0.25) is 0 Å². The van der Waals surface area contributed by atoms with E-state index in [0.717, 1.165) is 0 Å². The third kappa shape index (κ3) is 5.32. The van der Waals surface area contributed by atoms with E-state index in [0.29, 0.717) is 43.3 Å². The van der Waals surface area contributed by atoms with E-state index < -0.39 is 6.04 Å². The number of likely N-dealkylation sites (N-methyl/N-ethyl adjacent to an activating group) is 2. The first kappa shape index (κ1) is 21.7. The maximum absolute atomic E-state index is 12.9. The molecule has 2 heterocycles. The molecule has 1 saturated heterocycles. The van der Waals surface area contributed by atoms with Crippen molar-refractivity contribution in [2.24, 2.45) is 0 Å². The summed E-state index contributed by atoms with van der Waals surface area (Å²) in [5, 5.41) is 7.45. The number of aryl methyl sites for hydroxylation is 1. The Morgan fingerprint density at radius 3 is 2.67 bits per heavy atom. The van der Waals surface area contributed by atoms with Gasteiger partial charge in [0.2, 0.25) is 11.8 Å². The second kappa shape index (κ2) is 9.66. The van der Waals surface area contributed by atoms with Crippen LogP contribution >= 0.6 is 0 Å². The van der Waals surface area contributed by atoms with Crippen LogP contribution in [0.15, 0.2) is 28.9 Å². The van der Waals surface area contributed by atoms with Crippen LogP contribution in [0.25, 0.3) is 0 Å². The van der Waals surface area contributed by atoms with E-state index in [4.69, 9.17) is 4.74 Å². The maximum atomic E-state index is 12.9. The molecule has 1 aliphatic heterocycles. The molecule has 0 unspecified atom stereocenters. The molecule has 1 aliphatic rings. The lowest BCUT2D eigenvalue weighted by molar-refractivity contribution is -0.142. The van der Waals surface area contributed by atoms with Gasteiger partial charge in [-0.3, -0.25) is 14.5 Å². The molecule has 162 valence electrons. The predicted molar refractivity (Wildman–Crippen MR) is 105 cm³/mol. The Kier molecular flexibility index (Phi) is 6.99. The standard InChI is InChI=1S/C20H26FN5O4/c1-14-17(23-30-22-14)12-19(27)26-9-8-24(2)18(13-26)20(28)25(3)10-11-29-16-6-4-15(21)5-7-16/h4-7,18H,8-13H2,1-3H3/t18-/m0/s1. The Labute approximate surface area is 174 Å². The van der Waals surface area contributed by atoms with E-state index in [9.17, 15) is 14.0 Å². The van der Waals surface area contributed by atoms with Crippen molar-refractivity contribution in [3.8, 4) is 5.75 Å². The summed E-state index contributed by atoms with van der Waals surface area (Å²) in [6, 6.07) is 5.30. The summed E-state index contributed by atoms with van der Waals surface area (Å²) in [6.07, 6.45) is 0.0985. The molecule has 0 aliphatic carbocycles. The number of piperazine rings is 1. The number of nitrogens with zero attached hydrogens (tertiary/aromatic N) is 5. The van der Waals surface area contributed by atoms with Gasteiger partial charge in [0.05, 0.1) is 13.0 Å². The Hall–Kier alpha value is -3.01. The lowest BCUT2D eigenvalue weighted by Crippen LogP contribution is -2.59. The minimum atomic E-state index is -0.435. The highest BCUT2D eigenvalue weighted by atomic mass is 19.1. The van der Waals surface area contributed by atoms with Crippen molar-refractivity contribution in [1.29, 1.82) is 0 Å². The smallest absolute Gasteiger partial charge is 0.241 e. The summed E-state index contributed by atoms with van der Waals surface area (Å²) >= 11 is 0. The van der Waals surface area contributed by atoms with Crippen molar-refractivity contribution in [2.75, 3.05) is 46.9 Å². The van der Waals surface area contributed by atoms with Gasteiger partial charge in [-0.05, 0) is 38.2 Å². The first-order chi connectivity index (χ1) is 14.3. The third-order valence-corrected chi connectivity index (χ3v) is 5.24. The Balaban J connectivity index is 1.52. The molecule has 1 aromatic carbocycles. The average molecular weight is 419 g/mol. The third-order valence-electron chi connectivity index (χ3n) is 5.24. The van der Waals surface area contributed by atoms with Gasteiger partial charge in [-0.25, -0.2) is 9.02 Å². The molecular weight excluding hydrogens is 393 g/mol. The summed E-state index contributed by atoms with van der Waals surface area (Å²) < 4.78 is 23.2. The van der Waals surface area contributed by atoms with Gasteiger partial charge < -0.3 is 14.5 Å². The van der Waals surface area contributed by atoms with Crippen LogP contribution < -0.4 is 4.74 Å². The number of hydrogen-bond acceptors (Lipinski definition) is 7. The molecule has 0 saturated carbocycles. The van der Waals surface area contributed by atoms with E-state index in [1.165, 1.54) is 12.1 Å². The van der Waals surface area contributed by atoms with Gasteiger partial charge in [0.25, 0.3) is 0 Å². The van der Waals surface area contributed by atoms with Crippen LogP contribution in [0.4, 0.5) is 4.39 Å². The van der Waals surface area contributed by atoms with Gasteiger partial charge in [0, 0.05) is 26.7 Å². The van der Waals surface area contributed by atoms with Crippen molar-refractivity contribution >= 4 is 11.8 Å². The van der Waals surface area contributed by atoms with Gasteiger partial charge in [-0.1, -0.05) is 10.3 Å². The summed E-state index contributed by atoms with van der Waals surface area (Å²) in [6.45, 7) is 3.84. The van der Waals surface area contributed by atoms with Crippen LogP contribution in [-0.4, -0.2) is 89.8 Å². The number of hydrogen-bond donors (Lipinski definition) is 0. The van der Waals surface area contributed by atoms with Gasteiger partial charge in [-0.15, -0.1) is 0 Å². The molecule has 0 spiro atoms. The fourth-order valence-corrected chi connectivity index (χ4v) is 3.23. The molecule has 1 atom stereocenters. The number of carbonyl (C=O) groups excluding carboxylic acids is 2. The highest BCUT2D eigenvalue weighted by molar-refractivity contribution is 5.84. The number of halogens is 1. The molecule has 0 bridgehead atoms. The molecule has 0 N–H and O–H groups in total. The molecule has 1 aromatic heterocycles. The van der Waals surface area contributed by atoms with E-state index in [1.807, 2.05) is 11.9 Å². The molecule has 3 rings (SSSR count). The van der Waals surface area contributed by atoms with Crippen LogP contribution in [0, 0.1) is 12.7 Å². The highest BCUT2D eigenvalue weighted by Crippen LogP contribution is 2.14. The van der Waals surface area contributed by atoms with Crippen molar-refractivity contribution in [2.45, 2.75) is 19.4 Å². The maximum Gasteiger partial charge on any atom is 0.241 e.